The second-order valence-electron chi connectivity index (χ2n) is 8.05. The minimum absolute atomic E-state index is 0.125. The van der Waals surface area contributed by atoms with Crippen molar-refractivity contribution in [3.63, 3.8) is 0 Å². The van der Waals surface area contributed by atoms with Crippen molar-refractivity contribution in [3.8, 4) is 0 Å². The topological polar surface area (TPSA) is 29.1 Å². The summed E-state index contributed by atoms with van der Waals surface area (Å²) in [7, 11) is -1.10. The molecule has 0 aromatic heterocycles. The summed E-state index contributed by atoms with van der Waals surface area (Å²) in [6.45, 7) is 6.12. The fourth-order valence-electron chi connectivity index (χ4n) is 3.22. The van der Waals surface area contributed by atoms with E-state index in [-0.39, 0.29) is 16.0 Å². The van der Waals surface area contributed by atoms with Crippen LogP contribution >= 0.6 is 0 Å². The summed E-state index contributed by atoms with van der Waals surface area (Å²) in [6, 6.07) is 30.4. The molecule has 3 heteroatoms. The average molecular weight is 404 g/mol. The molecule has 0 fully saturated rings. The van der Waals surface area contributed by atoms with E-state index < -0.39 is 10.8 Å². The van der Waals surface area contributed by atoms with Gasteiger partial charge in [-0.25, -0.2) is 0 Å². The van der Waals surface area contributed by atoms with Crippen LogP contribution in [0.15, 0.2) is 97.1 Å². The van der Waals surface area contributed by atoms with Crippen LogP contribution in [0.5, 0.6) is 0 Å². The predicted octanol–water partition coefficient (Wildman–Crippen LogP) is 6.47. The highest BCUT2D eigenvalue weighted by Crippen LogP contribution is 2.33. The maximum absolute atomic E-state index is 13.6. The number of hydrogen-bond acceptors (Lipinski definition) is 2. The average Bonchev–Trinajstić information content (AvgIpc) is 2.73. The SMILES string of the molecule is CC(C)(C)S(=O)[C@H](c1ccccc1)[C@H](/C=C/c1ccccc1)Nc1ccccc1. The van der Waals surface area contributed by atoms with Gasteiger partial charge in [-0.1, -0.05) is 91.0 Å². The Morgan fingerprint density at radius 3 is 1.86 bits per heavy atom. The number of benzene rings is 3. The van der Waals surface area contributed by atoms with Crippen molar-refractivity contribution < 1.29 is 4.21 Å². The lowest BCUT2D eigenvalue weighted by Gasteiger charge is -2.32. The highest BCUT2D eigenvalue weighted by Gasteiger charge is 2.34. The van der Waals surface area contributed by atoms with E-state index >= 15 is 0 Å². The summed E-state index contributed by atoms with van der Waals surface area (Å²) in [5.41, 5.74) is 3.22. The summed E-state index contributed by atoms with van der Waals surface area (Å²) >= 11 is 0. The van der Waals surface area contributed by atoms with Crippen LogP contribution in [0.4, 0.5) is 5.69 Å². The number of para-hydroxylation sites is 1. The first-order valence-electron chi connectivity index (χ1n) is 9.95. The van der Waals surface area contributed by atoms with Gasteiger partial charge in [-0.05, 0) is 44.0 Å². The van der Waals surface area contributed by atoms with Gasteiger partial charge < -0.3 is 5.32 Å². The molecule has 0 aliphatic heterocycles. The van der Waals surface area contributed by atoms with Crippen molar-refractivity contribution in [1.82, 2.24) is 0 Å². The molecule has 3 atom stereocenters. The van der Waals surface area contributed by atoms with E-state index in [1.165, 1.54) is 0 Å². The minimum Gasteiger partial charge on any atom is -0.377 e. The fraction of sp³-hybridized carbons (Fsp3) is 0.231. The molecule has 1 N–H and O–H groups in total. The molecule has 0 amide bonds. The van der Waals surface area contributed by atoms with Gasteiger partial charge in [-0.2, -0.15) is 0 Å². The fourth-order valence-corrected chi connectivity index (χ4v) is 4.81. The summed E-state index contributed by atoms with van der Waals surface area (Å²) in [5, 5.41) is 3.44. The van der Waals surface area contributed by atoms with E-state index in [0.717, 1.165) is 16.8 Å². The molecule has 3 aromatic carbocycles. The van der Waals surface area contributed by atoms with E-state index in [2.05, 4.69) is 41.7 Å². The maximum atomic E-state index is 13.6. The Morgan fingerprint density at radius 2 is 1.31 bits per heavy atom. The van der Waals surface area contributed by atoms with Gasteiger partial charge >= 0.3 is 0 Å². The largest absolute Gasteiger partial charge is 0.377 e. The van der Waals surface area contributed by atoms with Crippen LogP contribution in [-0.2, 0) is 10.8 Å². The lowest BCUT2D eigenvalue weighted by Crippen LogP contribution is -2.36. The number of anilines is 1. The number of rotatable bonds is 7. The predicted molar refractivity (Wildman–Crippen MR) is 126 cm³/mol. The Bertz CT molecular complexity index is 931. The van der Waals surface area contributed by atoms with Crippen molar-refractivity contribution in [2.45, 2.75) is 36.8 Å². The van der Waals surface area contributed by atoms with Crippen LogP contribution in [0.2, 0.25) is 0 Å². The van der Waals surface area contributed by atoms with Gasteiger partial charge in [0, 0.05) is 21.2 Å². The zero-order chi connectivity index (χ0) is 20.7. The van der Waals surface area contributed by atoms with Gasteiger partial charge in [0.05, 0.1) is 11.3 Å². The van der Waals surface area contributed by atoms with Crippen LogP contribution in [-0.4, -0.2) is 15.0 Å². The molecule has 0 spiro atoms. The molecule has 150 valence electrons. The lowest BCUT2D eigenvalue weighted by molar-refractivity contribution is 0.629. The van der Waals surface area contributed by atoms with Crippen LogP contribution in [0.25, 0.3) is 6.08 Å². The normalized spacial score (nSPS) is 15.0. The second kappa shape index (κ2) is 9.71. The van der Waals surface area contributed by atoms with Crippen molar-refractivity contribution >= 4 is 22.6 Å². The Labute approximate surface area is 177 Å². The van der Waals surface area contributed by atoms with Gasteiger partial charge in [0.25, 0.3) is 0 Å². The lowest BCUT2D eigenvalue weighted by atomic mass is 10.0. The van der Waals surface area contributed by atoms with Crippen molar-refractivity contribution in [2.75, 3.05) is 5.32 Å². The Hall–Kier alpha value is -2.65. The molecule has 0 radical (unpaired) electrons. The first-order chi connectivity index (χ1) is 13.9. The monoisotopic (exact) mass is 403 g/mol. The summed E-state index contributed by atoms with van der Waals surface area (Å²) in [6.07, 6.45) is 4.25. The molecule has 2 nitrogen and oxygen atoms in total. The van der Waals surface area contributed by atoms with E-state index in [4.69, 9.17) is 0 Å². The van der Waals surface area contributed by atoms with E-state index in [1.54, 1.807) is 0 Å². The summed E-state index contributed by atoms with van der Waals surface area (Å²) in [5.74, 6) is 0. The Morgan fingerprint density at radius 1 is 0.793 bits per heavy atom. The highest BCUT2D eigenvalue weighted by atomic mass is 32.2. The first kappa shape index (κ1) is 21.1. The van der Waals surface area contributed by atoms with Crippen LogP contribution < -0.4 is 5.32 Å². The van der Waals surface area contributed by atoms with Crippen LogP contribution in [0.3, 0.4) is 0 Å². The van der Waals surface area contributed by atoms with E-state index in [9.17, 15) is 4.21 Å². The smallest absolute Gasteiger partial charge is 0.0839 e. The summed E-state index contributed by atoms with van der Waals surface area (Å²) in [4.78, 5) is 0. The minimum atomic E-state index is -1.10. The number of nitrogens with one attached hydrogen (secondary N) is 1. The van der Waals surface area contributed by atoms with Gasteiger partial charge in [0.15, 0.2) is 0 Å². The molecular weight excluding hydrogens is 374 g/mol. The molecule has 0 aliphatic carbocycles. The quantitative estimate of drug-likeness (QED) is 0.490. The molecule has 29 heavy (non-hydrogen) atoms. The van der Waals surface area contributed by atoms with Gasteiger partial charge in [0.1, 0.15) is 0 Å². The summed E-state index contributed by atoms with van der Waals surface area (Å²) < 4.78 is 13.3. The second-order valence-corrected chi connectivity index (χ2v) is 10.4. The maximum Gasteiger partial charge on any atom is 0.0839 e. The van der Waals surface area contributed by atoms with Gasteiger partial charge in [-0.3, -0.25) is 4.21 Å². The Kier molecular flexibility index (Phi) is 7.05. The molecular formula is C26H29NOS. The van der Waals surface area contributed by atoms with Crippen LogP contribution in [0, 0.1) is 0 Å². The zero-order valence-corrected chi connectivity index (χ0v) is 18.1. The molecule has 0 saturated carbocycles. The third kappa shape index (κ3) is 5.91. The van der Waals surface area contributed by atoms with E-state index in [0.29, 0.717) is 0 Å². The molecule has 1 unspecified atom stereocenters. The third-order valence-electron chi connectivity index (χ3n) is 4.69. The van der Waals surface area contributed by atoms with Crippen molar-refractivity contribution in [1.29, 1.82) is 0 Å². The van der Waals surface area contributed by atoms with Crippen LogP contribution in [0.1, 0.15) is 37.1 Å². The molecule has 0 saturated heterocycles. The Balaban J connectivity index is 2.03. The first-order valence-corrected chi connectivity index (χ1v) is 11.2. The molecule has 3 aromatic rings. The highest BCUT2D eigenvalue weighted by molar-refractivity contribution is 7.86. The molecule has 0 heterocycles. The number of hydrogen-bond donors (Lipinski definition) is 1. The molecule has 0 aliphatic rings. The third-order valence-corrected chi connectivity index (χ3v) is 6.92. The molecule has 0 bridgehead atoms. The zero-order valence-electron chi connectivity index (χ0n) is 17.3. The standard InChI is InChI=1S/C26H29NOS/c1-26(2,3)29(28)25(22-15-9-5-10-16-22)24(27-23-17-11-6-12-18-23)20-19-21-13-7-4-8-14-21/h4-20,24-25,27H,1-3H3/b20-19+/t24-,25+,29?/m0/s1. The van der Waals surface area contributed by atoms with E-state index in [1.807, 2.05) is 87.5 Å². The molecule has 3 rings (SSSR count). The van der Waals surface area contributed by atoms with Crippen molar-refractivity contribution in [2.24, 2.45) is 0 Å². The van der Waals surface area contributed by atoms with Crippen molar-refractivity contribution in [3.05, 3.63) is 108 Å². The van der Waals surface area contributed by atoms with Gasteiger partial charge in [0.2, 0.25) is 0 Å². The van der Waals surface area contributed by atoms with Gasteiger partial charge in [-0.15, -0.1) is 0 Å².